The van der Waals surface area contributed by atoms with E-state index in [1.807, 2.05) is 0 Å². The van der Waals surface area contributed by atoms with Crippen molar-refractivity contribution >= 4 is 11.3 Å². The van der Waals surface area contributed by atoms with Gasteiger partial charge in [0.05, 0.1) is 6.10 Å². The van der Waals surface area contributed by atoms with Gasteiger partial charge in [-0.25, -0.2) is 0 Å². The fraction of sp³-hybridized carbons (Fsp3) is 0.692. The second-order valence-corrected chi connectivity index (χ2v) is 5.53. The Morgan fingerprint density at radius 1 is 1.53 bits per heavy atom. The lowest BCUT2D eigenvalue weighted by Crippen LogP contribution is -2.36. The van der Waals surface area contributed by atoms with Crippen molar-refractivity contribution in [2.75, 3.05) is 6.61 Å². The average Bonchev–Trinajstić information content (AvgIpc) is 3.02. The van der Waals surface area contributed by atoms with E-state index in [0.29, 0.717) is 12.1 Å². The molecule has 1 aromatic heterocycles. The standard InChI is InChI=1S/C13H22N2OS/c14-15-12(4-3-11-7-9-17-10-11)5-6-13-2-1-8-16-13/h7,9-10,12-13,15H,1-6,8,14H2. The smallest absolute Gasteiger partial charge is 0.0576 e. The Labute approximate surface area is 107 Å². The zero-order valence-electron chi connectivity index (χ0n) is 10.2. The van der Waals surface area contributed by atoms with Crippen molar-refractivity contribution in [3.63, 3.8) is 0 Å². The van der Waals surface area contributed by atoms with Crippen molar-refractivity contribution in [2.45, 2.75) is 50.7 Å². The highest BCUT2D eigenvalue weighted by Gasteiger charge is 2.17. The van der Waals surface area contributed by atoms with Crippen molar-refractivity contribution in [3.05, 3.63) is 22.4 Å². The quantitative estimate of drug-likeness (QED) is 0.580. The third kappa shape index (κ3) is 4.39. The van der Waals surface area contributed by atoms with Crippen LogP contribution >= 0.6 is 11.3 Å². The molecule has 17 heavy (non-hydrogen) atoms. The van der Waals surface area contributed by atoms with Crippen LogP contribution in [0.15, 0.2) is 16.8 Å². The van der Waals surface area contributed by atoms with Crippen molar-refractivity contribution in [1.82, 2.24) is 5.43 Å². The molecule has 0 radical (unpaired) electrons. The molecule has 0 aromatic carbocycles. The molecule has 2 atom stereocenters. The number of ether oxygens (including phenoxy) is 1. The van der Waals surface area contributed by atoms with Gasteiger partial charge in [-0.2, -0.15) is 11.3 Å². The summed E-state index contributed by atoms with van der Waals surface area (Å²) in [7, 11) is 0. The van der Waals surface area contributed by atoms with Crippen LogP contribution in [0.2, 0.25) is 0 Å². The molecule has 2 unspecified atom stereocenters. The maximum Gasteiger partial charge on any atom is 0.0576 e. The first-order valence-electron chi connectivity index (χ1n) is 6.47. The number of hydrazine groups is 1. The molecular weight excluding hydrogens is 232 g/mol. The van der Waals surface area contributed by atoms with E-state index in [0.717, 1.165) is 32.3 Å². The van der Waals surface area contributed by atoms with E-state index in [2.05, 4.69) is 22.3 Å². The molecule has 1 aliphatic heterocycles. The molecule has 2 rings (SSSR count). The third-order valence-electron chi connectivity index (χ3n) is 3.46. The molecule has 0 aliphatic carbocycles. The Kier molecular flexibility index (Phi) is 5.45. The summed E-state index contributed by atoms with van der Waals surface area (Å²) in [4.78, 5) is 0. The van der Waals surface area contributed by atoms with Gasteiger partial charge in [-0.05, 0) is 60.9 Å². The SMILES string of the molecule is NNC(CCc1ccsc1)CCC1CCCO1. The molecule has 2 heterocycles. The number of aryl methyl sites for hydroxylation is 1. The Morgan fingerprint density at radius 2 is 2.47 bits per heavy atom. The number of rotatable bonds is 7. The lowest BCUT2D eigenvalue weighted by molar-refractivity contribution is 0.0993. The molecule has 0 spiro atoms. The minimum atomic E-state index is 0.416. The number of nitrogens with two attached hydrogens (primary N) is 1. The zero-order chi connectivity index (χ0) is 11.9. The van der Waals surface area contributed by atoms with Gasteiger partial charge in [0.25, 0.3) is 0 Å². The summed E-state index contributed by atoms with van der Waals surface area (Å²) >= 11 is 1.76. The van der Waals surface area contributed by atoms with Crippen LogP contribution in [0.4, 0.5) is 0 Å². The first-order chi connectivity index (χ1) is 8.38. The number of nitrogens with one attached hydrogen (secondary N) is 1. The summed E-state index contributed by atoms with van der Waals surface area (Å²) in [6.07, 6.45) is 7.41. The summed E-state index contributed by atoms with van der Waals surface area (Å²) in [6, 6.07) is 2.61. The van der Waals surface area contributed by atoms with Crippen LogP contribution in [-0.4, -0.2) is 18.8 Å². The van der Waals surface area contributed by atoms with Crippen LogP contribution in [0, 0.1) is 0 Å². The Bertz CT molecular complexity index is 296. The van der Waals surface area contributed by atoms with Gasteiger partial charge < -0.3 is 4.74 Å². The molecule has 4 heteroatoms. The van der Waals surface area contributed by atoms with Gasteiger partial charge in [0.2, 0.25) is 0 Å². The van der Waals surface area contributed by atoms with Crippen molar-refractivity contribution in [3.8, 4) is 0 Å². The fourth-order valence-corrected chi connectivity index (χ4v) is 3.05. The van der Waals surface area contributed by atoms with Crippen LogP contribution in [0.5, 0.6) is 0 Å². The lowest BCUT2D eigenvalue weighted by atomic mass is 10.0. The third-order valence-corrected chi connectivity index (χ3v) is 4.19. The van der Waals surface area contributed by atoms with Crippen LogP contribution in [0.3, 0.4) is 0 Å². The highest BCUT2D eigenvalue weighted by molar-refractivity contribution is 7.07. The topological polar surface area (TPSA) is 47.3 Å². The summed E-state index contributed by atoms with van der Waals surface area (Å²) in [6.45, 7) is 0.945. The molecule has 1 aromatic rings. The van der Waals surface area contributed by atoms with Gasteiger partial charge >= 0.3 is 0 Å². The highest BCUT2D eigenvalue weighted by Crippen LogP contribution is 2.19. The first kappa shape index (κ1) is 13.0. The normalized spacial score (nSPS) is 21.8. The maximum atomic E-state index is 5.63. The van der Waals surface area contributed by atoms with Gasteiger partial charge in [-0.3, -0.25) is 11.3 Å². The second kappa shape index (κ2) is 7.11. The highest BCUT2D eigenvalue weighted by atomic mass is 32.1. The Hall–Kier alpha value is -0.420. The van der Waals surface area contributed by atoms with Gasteiger partial charge in [0, 0.05) is 12.6 Å². The minimum Gasteiger partial charge on any atom is -0.378 e. The second-order valence-electron chi connectivity index (χ2n) is 4.75. The first-order valence-corrected chi connectivity index (χ1v) is 7.41. The van der Waals surface area contributed by atoms with Gasteiger partial charge in [-0.15, -0.1) is 0 Å². The lowest BCUT2D eigenvalue weighted by Gasteiger charge is -2.17. The predicted octanol–water partition coefficient (Wildman–Crippen LogP) is 2.47. The van der Waals surface area contributed by atoms with Crippen LogP contribution in [0.25, 0.3) is 0 Å². The molecule has 3 nitrogen and oxygen atoms in total. The molecule has 0 bridgehead atoms. The fourth-order valence-electron chi connectivity index (χ4n) is 2.35. The van der Waals surface area contributed by atoms with E-state index in [-0.39, 0.29) is 0 Å². The summed E-state index contributed by atoms with van der Waals surface area (Å²) in [5, 5.41) is 4.35. The van der Waals surface area contributed by atoms with E-state index < -0.39 is 0 Å². The van der Waals surface area contributed by atoms with E-state index >= 15 is 0 Å². The Morgan fingerprint density at radius 3 is 3.12 bits per heavy atom. The largest absolute Gasteiger partial charge is 0.378 e. The van der Waals surface area contributed by atoms with Gasteiger partial charge in [0.15, 0.2) is 0 Å². The molecule has 3 N–H and O–H groups in total. The molecule has 0 amide bonds. The van der Waals surface area contributed by atoms with E-state index in [4.69, 9.17) is 10.6 Å². The molecule has 1 fully saturated rings. The van der Waals surface area contributed by atoms with Gasteiger partial charge in [-0.1, -0.05) is 0 Å². The molecule has 96 valence electrons. The molecular formula is C13H22N2OS. The van der Waals surface area contributed by atoms with Crippen molar-refractivity contribution in [1.29, 1.82) is 0 Å². The summed E-state index contributed by atoms with van der Waals surface area (Å²) in [5.41, 5.74) is 4.36. The van der Waals surface area contributed by atoms with E-state index in [9.17, 15) is 0 Å². The minimum absolute atomic E-state index is 0.416. The number of hydrogen-bond acceptors (Lipinski definition) is 4. The summed E-state index contributed by atoms with van der Waals surface area (Å²) < 4.78 is 5.63. The predicted molar refractivity (Wildman–Crippen MR) is 72.0 cm³/mol. The maximum absolute atomic E-state index is 5.63. The van der Waals surface area contributed by atoms with Gasteiger partial charge in [0.1, 0.15) is 0 Å². The van der Waals surface area contributed by atoms with Crippen LogP contribution in [-0.2, 0) is 11.2 Å². The Balaban J connectivity index is 1.65. The average molecular weight is 254 g/mol. The van der Waals surface area contributed by atoms with Crippen LogP contribution < -0.4 is 11.3 Å². The van der Waals surface area contributed by atoms with E-state index in [1.54, 1.807) is 11.3 Å². The number of hydrogen-bond donors (Lipinski definition) is 2. The summed E-state index contributed by atoms with van der Waals surface area (Å²) in [5.74, 6) is 5.61. The van der Waals surface area contributed by atoms with Crippen LogP contribution in [0.1, 0.15) is 37.7 Å². The number of thiophene rings is 1. The van der Waals surface area contributed by atoms with Crippen molar-refractivity contribution < 1.29 is 4.74 Å². The molecule has 1 aliphatic rings. The molecule has 1 saturated heterocycles. The zero-order valence-corrected chi connectivity index (χ0v) is 11.0. The van der Waals surface area contributed by atoms with Crippen molar-refractivity contribution in [2.24, 2.45) is 5.84 Å². The molecule has 0 saturated carbocycles. The van der Waals surface area contributed by atoms with E-state index in [1.165, 1.54) is 18.4 Å². The monoisotopic (exact) mass is 254 g/mol.